The molecule has 0 radical (unpaired) electrons. The zero-order valence-corrected chi connectivity index (χ0v) is 25.8. The van der Waals surface area contributed by atoms with Gasteiger partial charge in [0.1, 0.15) is 17.2 Å². The van der Waals surface area contributed by atoms with E-state index in [0.29, 0.717) is 41.4 Å². The highest BCUT2D eigenvalue weighted by atomic mass is 16.7. The van der Waals surface area contributed by atoms with E-state index in [4.69, 9.17) is 23.7 Å². The van der Waals surface area contributed by atoms with Gasteiger partial charge in [-0.3, -0.25) is 14.4 Å². The lowest BCUT2D eigenvalue weighted by atomic mass is 9.97. The summed E-state index contributed by atoms with van der Waals surface area (Å²) in [5, 5.41) is 0. The second-order valence-electron chi connectivity index (χ2n) is 11.5. The molecule has 0 aliphatic carbocycles. The van der Waals surface area contributed by atoms with Gasteiger partial charge < -0.3 is 23.7 Å². The Bertz CT molecular complexity index is 1230. The lowest BCUT2D eigenvalue weighted by Gasteiger charge is -2.21. The van der Waals surface area contributed by atoms with E-state index < -0.39 is 10.8 Å². The molecular formula is C33H44O8. The van der Waals surface area contributed by atoms with Crippen LogP contribution in [0.15, 0.2) is 36.4 Å². The predicted molar refractivity (Wildman–Crippen MR) is 158 cm³/mol. The van der Waals surface area contributed by atoms with Crippen molar-refractivity contribution in [3.8, 4) is 17.2 Å². The van der Waals surface area contributed by atoms with Crippen LogP contribution in [-0.4, -0.2) is 37.9 Å². The van der Waals surface area contributed by atoms with E-state index in [1.165, 1.54) is 6.08 Å². The number of benzene rings is 2. The summed E-state index contributed by atoms with van der Waals surface area (Å²) in [6, 6.07) is 8.59. The summed E-state index contributed by atoms with van der Waals surface area (Å²) >= 11 is 0. The van der Waals surface area contributed by atoms with Crippen LogP contribution in [-0.2, 0) is 31.9 Å². The average molecular weight is 569 g/mol. The Morgan fingerprint density at radius 2 is 1.20 bits per heavy atom. The number of rotatable bonds is 13. The van der Waals surface area contributed by atoms with Crippen molar-refractivity contribution in [3.05, 3.63) is 58.7 Å². The van der Waals surface area contributed by atoms with Crippen LogP contribution in [0.5, 0.6) is 17.2 Å². The number of hydrogen-bond acceptors (Lipinski definition) is 8. The van der Waals surface area contributed by atoms with Crippen molar-refractivity contribution in [2.24, 2.45) is 10.8 Å². The fourth-order valence-corrected chi connectivity index (χ4v) is 3.65. The number of ether oxygens (including phenoxy) is 5. The van der Waals surface area contributed by atoms with Gasteiger partial charge in [-0.1, -0.05) is 13.8 Å². The molecule has 0 fully saturated rings. The highest BCUT2D eigenvalue weighted by Gasteiger charge is 2.25. The van der Waals surface area contributed by atoms with E-state index >= 15 is 0 Å². The van der Waals surface area contributed by atoms with Crippen LogP contribution in [0.25, 0.3) is 6.08 Å². The van der Waals surface area contributed by atoms with E-state index in [9.17, 15) is 14.4 Å². The minimum Gasteiger partial charge on any atom is -0.493 e. The summed E-state index contributed by atoms with van der Waals surface area (Å²) in [4.78, 5) is 37.3. The number of esters is 2. The minimum absolute atomic E-state index is 0.217. The third-order valence-corrected chi connectivity index (χ3v) is 6.05. The van der Waals surface area contributed by atoms with Crippen molar-refractivity contribution in [3.63, 3.8) is 0 Å². The molecule has 0 saturated heterocycles. The van der Waals surface area contributed by atoms with Crippen molar-refractivity contribution in [1.29, 1.82) is 0 Å². The fourth-order valence-electron chi connectivity index (χ4n) is 3.65. The molecule has 41 heavy (non-hydrogen) atoms. The highest BCUT2D eigenvalue weighted by molar-refractivity contribution is 6.07. The normalized spacial score (nSPS) is 11.7. The Balaban J connectivity index is 2.29. The monoisotopic (exact) mass is 568 g/mol. The molecule has 2 rings (SSSR count). The van der Waals surface area contributed by atoms with Gasteiger partial charge in [-0.15, -0.1) is 0 Å². The van der Waals surface area contributed by atoms with Gasteiger partial charge in [0.25, 0.3) is 0 Å². The Morgan fingerprint density at radius 1 is 0.707 bits per heavy atom. The Kier molecular flexibility index (Phi) is 12.0. The molecule has 224 valence electrons. The molecule has 0 amide bonds. The van der Waals surface area contributed by atoms with Gasteiger partial charge in [0.15, 0.2) is 5.78 Å². The molecule has 8 heteroatoms. The van der Waals surface area contributed by atoms with Gasteiger partial charge in [-0.2, -0.15) is 0 Å². The summed E-state index contributed by atoms with van der Waals surface area (Å²) in [5.41, 5.74) is 1.68. The second kappa shape index (κ2) is 14.7. The fraction of sp³-hybridized carbons (Fsp3) is 0.485. The van der Waals surface area contributed by atoms with Gasteiger partial charge in [-0.25, -0.2) is 0 Å². The third-order valence-electron chi connectivity index (χ3n) is 6.05. The van der Waals surface area contributed by atoms with Crippen molar-refractivity contribution in [1.82, 2.24) is 0 Å². The average Bonchev–Trinajstić information content (AvgIpc) is 2.91. The Morgan fingerprint density at radius 3 is 1.66 bits per heavy atom. The van der Waals surface area contributed by atoms with E-state index in [2.05, 4.69) is 0 Å². The first-order chi connectivity index (χ1) is 19.2. The van der Waals surface area contributed by atoms with Crippen LogP contribution in [0, 0.1) is 10.8 Å². The van der Waals surface area contributed by atoms with Crippen LogP contribution in [0.3, 0.4) is 0 Å². The summed E-state index contributed by atoms with van der Waals surface area (Å²) in [6.07, 6.45) is 4.54. The number of carbonyl (C=O) groups excluding carboxylic acids is 3. The molecule has 0 unspecified atom stereocenters. The van der Waals surface area contributed by atoms with Crippen LogP contribution >= 0.6 is 0 Å². The molecule has 2 aromatic carbocycles. The van der Waals surface area contributed by atoms with E-state index in [1.807, 2.05) is 26.8 Å². The Labute approximate surface area is 244 Å². The van der Waals surface area contributed by atoms with Gasteiger partial charge >= 0.3 is 11.9 Å². The zero-order valence-electron chi connectivity index (χ0n) is 25.8. The molecule has 0 atom stereocenters. The van der Waals surface area contributed by atoms with E-state index in [-0.39, 0.29) is 31.3 Å². The summed E-state index contributed by atoms with van der Waals surface area (Å²) in [6.45, 7) is 16.5. The molecule has 2 aromatic rings. The summed E-state index contributed by atoms with van der Waals surface area (Å²) < 4.78 is 28.0. The molecule has 0 aromatic heterocycles. The quantitative estimate of drug-likeness (QED) is 0.111. The summed E-state index contributed by atoms with van der Waals surface area (Å²) in [7, 11) is 0. The molecule has 0 heterocycles. The zero-order chi connectivity index (χ0) is 30.8. The number of ketones is 1. The molecular weight excluding hydrogens is 524 g/mol. The van der Waals surface area contributed by atoms with Crippen molar-refractivity contribution in [2.75, 3.05) is 20.2 Å². The van der Waals surface area contributed by atoms with E-state index in [0.717, 1.165) is 17.5 Å². The third kappa shape index (κ3) is 9.66. The first-order valence-corrected chi connectivity index (χ1v) is 14.0. The molecule has 0 aliphatic rings. The molecule has 0 bridgehead atoms. The van der Waals surface area contributed by atoms with Crippen molar-refractivity contribution >= 4 is 23.8 Å². The Hall–Kier alpha value is -3.81. The smallest absolute Gasteiger partial charge is 0.314 e. The van der Waals surface area contributed by atoms with Gasteiger partial charge in [0.05, 0.1) is 23.0 Å². The standard InChI is InChI=1S/C33H44O8/c1-10-22-19-23(11-2)29(39-21-41-31(36)33(7,8)9)26(28(22)37-12-3)17-18-27(34)24-13-15-25(16-14-24)38-20-40-30(35)32(4,5)6/h13-19H,10-12,20-21H2,1-9H3. The molecule has 0 N–H and O–H groups in total. The predicted octanol–water partition coefficient (Wildman–Crippen LogP) is 6.96. The maximum absolute atomic E-state index is 13.1. The highest BCUT2D eigenvalue weighted by Crippen LogP contribution is 2.38. The first kappa shape index (κ1) is 33.4. The van der Waals surface area contributed by atoms with Crippen LogP contribution in [0.1, 0.15) is 89.4 Å². The molecule has 0 spiro atoms. The lowest BCUT2D eigenvalue weighted by molar-refractivity contribution is -0.160. The van der Waals surface area contributed by atoms with Gasteiger partial charge in [0, 0.05) is 5.56 Å². The number of aryl methyl sites for hydroxylation is 2. The number of hydrogen-bond donors (Lipinski definition) is 0. The largest absolute Gasteiger partial charge is 0.493 e. The first-order valence-electron chi connectivity index (χ1n) is 14.0. The van der Waals surface area contributed by atoms with Crippen LogP contribution in [0.2, 0.25) is 0 Å². The molecule has 0 saturated carbocycles. The SMILES string of the molecule is CCOc1c(CC)cc(CC)c(OCOC(=O)C(C)(C)C)c1C=CC(=O)c1ccc(OCOC(=O)C(C)(C)C)cc1. The van der Waals surface area contributed by atoms with Crippen LogP contribution < -0.4 is 14.2 Å². The lowest BCUT2D eigenvalue weighted by Crippen LogP contribution is -2.25. The second-order valence-corrected chi connectivity index (χ2v) is 11.5. The van der Waals surface area contributed by atoms with E-state index in [1.54, 1.807) is 71.9 Å². The maximum atomic E-state index is 13.1. The van der Waals surface area contributed by atoms with Crippen molar-refractivity contribution < 1.29 is 38.1 Å². The minimum atomic E-state index is -0.661. The number of allylic oxidation sites excluding steroid dienone is 1. The number of carbonyl (C=O) groups is 3. The van der Waals surface area contributed by atoms with Crippen molar-refractivity contribution in [2.45, 2.75) is 75.2 Å². The van der Waals surface area contributed by atoms with Crippen LogP contribution in [0.4, 0.5) is 0 Å². The maximum Gasteiger partial charge on any atom is 0.314 e. The molecule has 0 aliphatic heterocycles. The topological polar surface area (TPSA) is 97.4 Å². The van der Waals surface area contributed by atoms with Gasteiger partial charge in [0.2, 0.25) is 13.6 Å². The molecule has 8 nitrogen and oxygen atoms in total. The summed E-state index contributed by atoms with van der Waals surface area (Å²) in [5.74, 6) is 0.625. The van der Waals surface area contributed by atoms with Gasteiger partial charge in [-0.05, 0) is 115 Å².